The number of nitrogens with one attached hydrogen (secondary N) is 1. The molecule has 0 aliphatic heterocycles. The Hall–Kier alpha value is -2.55. The molecule has 1 N–H and O–H groups in total. The fourth-order valence-corrected chi connectivity index (χ4v) is 3.07. The van der Waals surface area contributed by atoms with E-state index in [-0.39, 0.29) is 20.9 Å². The maximum absolute atomic E-state index is 13.1. The van der Waals surface area contributed by atoms with Gasteiger partial charge in [0.2, 0.25) is 0 Å². The lowest BCUT2D eigenvalue weighted by Gasteiger charge is -2.06. The number of halogens is 5. The van der Waals surface area contributed by atoms with E-state index in [4.69, 9.17) is 0 Å². The summed E-state index contributed by atoms with van der Waals surface area (Å²) >= 11 is 0.632. The molecule has 0 aliphatic rings. The largest absolute Gasteiger partial charge is 0.417 e. The van der Waals surface area contributed by atoms with Gasteiger partial charge < -0.3 is 0 Å². The third kappa shape index (κ3) is 3.21. The molecule has 0 aliphatic carbocycles. The first-order valence-corrected chi connectivity index (χ1v) is 7.30. The molecule has 24 heavy (non-hydrogen) atoms. The van der Waals surface area contributed by atoms with Crippen molar-refractivity contribution in [3.8, 4) is 0 Å². The van der Waals surface area contributed by atoms with Crippen LogP contribution in [-0.2, 0) is 6.18 Å². The predicted molar refractivity (Wildman–Crippen MR) is 78.9 cm³/mol. The highest BCUT2D eigenvalue weighted by molar-refractivity contribution is 7.22. The van der Waals surface area contributed by atoms with Crippen LogP contribution in [0.3, 0.4) is 0 Å². The van der Waals surface area contributed by atoms with E-state index in [2.05, 4.69) is 10.3 Å². The lowest BCUT2D eigenvalue weighted by molar-refractivity contribution is -0.136. The summed E-state index contributed by atoms with van der Waals surface area (Å²) in [5, 5.41) is 2.15. The van der Waals surface area contributed by atoms with Crippen LogP contribution in [0.5, 0.6) is 0 Å². The summed E-state index contributed by atoms with van der Waals surface area (Å²) in [6, 6.07) is 5.72. The molecular formula is C15H7F5N2OS. The Bertz CT molecular complexity index is 915. The van der Waals surface area contributed by atoms with Crippen molar-refractivity contribution in [3.05, 3.63) is 59.2 Å². The number of benzene rings is 2. The molecule has 124 valence electrons. The second-order valence-electron chi connectivity index (χ2n) is 4.78. The average molecular weight is 358 g/mol. The number of carbonyl (C=O) groups excluding carboxylic acids is 1. The number of hydrogen-bond donors (Lipinski definition) is 1. The molecule has 0 bridgehead atoms. The first kappa shape index (κ1) is 16.3. The number of carbonyl (C=O) groups is 1. The van der Waals surface area contributed by atoms with E-state index >= 15 is 0 Å². The smallest absolute Gasteiger partial charge is 0.298 e. The summed E-state index contributed by atoms with van der Waals surface area (Å²) < 4.78 is 65.0. The molecule has 3 nitrogen and oxygen atoms in total. The molecule has 0 radical (unpaired) electrons. The van der Waals surface area contributed by atoms with Gasteiger partial charge in [-0.2, -0.15) is 13.2 Å². The summed E-state index contributed by atoms with van der Waals surface area (Å²) in [5.41, 5.74) is -1.10. The Balaban J connectivity index is 1.95. The molecule has 1 aromatic heterocycles. The molecule has 3 aromatic rings. The highest BCUT2D eigenvalue weighted by Gasteiger charge is 2.33. The number of rotatable bonds is 2. The highest BCUT2D eigenvalue weighted by Crippen LogP contribution is 2.38. The molecule has 0 saturated heterocycles. The van der Waals surface area contributed by atoms with Crippen LogP contribution in [0, 0.1) is 11.6 Å². The Kier molecular flexibility index (Phi) is 3.96. The van der Waals surface area contributed by atoms with Crippen molar-refractivity contribution in [1.29, 1.82) is 0 Å². The van der Waals surface area contributed by atoms with Crippen molar-refractivity contribution in [2.45, 2.75) is 6.18 Å². The molecule has 1 heterocycles. The number of aromatic nitrogens is 1. The van der Waals surface area contributed by atoms with Gasteiger partial charge in [0, 0.05) is 11.6 Å². The molecule has 0 saturated carbocycles. The Labute approximate surface area is 135 Å². The molecule has 0 fully saturated rings. The number of hydrogen-bond acceptors (Lipinski definition) is 3. The molecule has 0 unspecified atom stereocenters. The van der Waals surface area contributed by atoms with E-state index in [1.807, 2.05) is 0 Å². The van der Waals surface area contributed by atoms with E-state index in [1.165, 1.54) is 12.1 Å². The Morgan fingerprint density at radius 3 is 2.38 bits per heavy atom. The fraction of sp³-hybridized carbons (Fsp3) is 0.0667. The zero-order valence-electron chi connectivity index (χ0n) is 11.6. The zero-order valence-corrected chi connectivity index (χ0v) is 12.4. The van der Waals surface area contributed by atoms with E-state index < -0.39 is 29.3 Å². The third-order valence-electron chi connectivity index (χ3n) is 3.07. The van der Waals surface area contributed by atoms with Gasteiger partial charge >= 0.3 is 6.18 Å². The summed E-state index contributed by atoms with van der Waals surface area (Å²) in [7, 11) is 0. The molecule has 2 aromatic carbocycles. The van der Waals surface area contributed by atoms with Crippen LogP contribution >= 0.6 is 11.3 Å². The molecule has 0 spiro atoms. The summed E-state index contributed by atoms with van der Waals surface area (Å²) in [5.74, 6) is -2.76. The summed E-state index contributed by atoms with van der Waals surface area (Å²) in [6.07, 6.45) is -4.56. The first-order chi connectivity index (χ1) is 11.2. The van der Waals surface area contributed by atoms with Gasteiger partial charge in [-0.15, -0.1) is 0 Å². The van der Waals surface area contributed by atoms with Crippen LogP contribution < -0.4 is 5.32 Å². The second-order valence-corrected chi connectivity index (χ2v) is 5.78. The van der Waals surface area contributed by atoms with Gasteiger partial charge in [-0.05, 0) is 24.3 Å². The van der Waals surface area contributed by atoms with Crippen LogP contribution in [0.1, 0.15) is 15.9 Å². The standard InChI is InChI=1S/C15H7F5N2OS/c16-8-4-7(5-9(17)6-8)13(23)22-14-21-11-3-1-2-10(12(11)24-14)15(18,19)20/h1-6H,(H,21,22,23). The van der Waals surface area contributed by atoms with E-state index in [0.29, 0.717) is 17.4 Å². The third-order valence-corrected chi connectivity index (χ3v) is 4.09. The van der Waals surface area contributed by atoms with Crippen LogP contribution in [0.2, 0.25) is 0 Å². The average Bonchev–Trinajstić information content (AvgIpc) is 2.86. The zero-order chi connectivity index (χ0) is 17.5. The van der Waals surface area contributed by atoms with Gasteiger partial charge in [0.15, 0.2) is 5.13 Å². The van der Waals surface area contributed by atoms with Crippen molar-refractivity contribution in [2.24, 2.45) is 0 Å². The van der Waals surface area contributed by atoms with Gasteiger partial charge in [0.25, 0.3) is 5.91 Å². The van der Waals surface area contributed by atoms with E-state index in [9.17, 15) is 26.7 Å². The fourth-order valence-electron chi connectivity index (χ4n) is 2.08. The molecule has 9 heteroatoms. The number of anilines is 1. The Morgan fingerprint density at radius 1 is 1.08 bits per heavy atom. The number of alkyl halides is 3. The van der Waals surface area contributed by atoms with Crippen molar-refractivity contribution in [1.82, 2.24) is 4.98 Å². The van der Waals surface area contributed by atoms with Crippen molar-refractivity contribution in [3.63, 3.8) is 0 Å². The van der Waals surface area contributed by atoms with Crippen LogP contribution in [0.15, 0.2) is 36.4 Å². The summed E-state index contributed by atoms with van der Waals surface area (Å²) in [6.45, 7) is 0. The van der Waals surface area contributed by atoms with Gasteiger partial charge in [-0.1, -0.05) is 17.4 Å². The van der Waals surface area contributed by atoms with E-state index in [1.54, 1.807) is 0 Å². The number of amides is 1. The first-order valence-electron chi connectivity index (χ1n) is 6.48. The lowest BCUT2D eigenvalue weighted by Crippen LogP contribution is -2.12. The predicted octanol–water partition coefficient (Wildman–Crippen LogP) is 4.85. The molecule has 1 amide bonds. The van der Waals surface area contributed by atoms with Crippen LogP contribution in [0.4, 0.5) is 27.1 Å². The summed E-state index contributed by atoms with van der Waals surface area (Å²) in [4.78, 5) is 15.9. The topological polar surface area (TPSA) is 42.0 Å². The van der Waals surface area contributed by atoms with Crippen LogP contribution in [-0.4, -0.2) is 10.9 Å². The molecular weight excluding hydrogens is 351 g/mol. The highest BCUT2D eigenvalue weighted by atomic mass is 32.1. The van der Waals surface area contributed by atoms with Crippen molar-refractivity contribution >= 4 is 32.6 Å². The second kappa shape index (κ2) is 5.82. The van der Waals surface area contributed by atoms with Crippen LogP contribution in [0.25, 0.3) is 10.2 Å². The minimum Gasteiger partial charge on any atom is -0.298 e. The minimum atomic E-state index is -4.56. The van der Waals surface area contributed by atoms with Gasteiger partial charge in [0.05, 0.1) is 15.8 Å². The molecule has 3 rings (SSSR count). The van der Waals surface area contributed by atoms with Gasteiger partial charge in [-0.25, -0.2) is 13.8 Å². The maximum Gasteiger partial charge on any atom is 0.417 e. The number of thiazole rings is 1. The van der Waals surface area contributed by atoms with Gasteiger partial charge in [0.1, 0.15) is 11.6 Å². The Morgan fingerprint density at radius 2 is 1.75 bits per heavy atom. The maximum atomic E-state index is 13.1. The molecule has 0 atom stereocenters. The minimum absolute atomic E-state index is 0.0653. The number of nitrogens with zero attached hydrogens (tertiary/aromatic N) is 1. The van der Waals surface area contributed by atoms with E-state index in [0.717, 1.165) is 18.2 Å². The van der Waals surface area contributed by atoms with Gasteiger partial charge in [-0.3, -0.25) is 10.1 Å². The lowest BCUT2D eigenvalue weighted by atomic mass is 10.2. The number of fused-ring (bicyclic) bond motifs is 1. The quantitative estimate of drug-likeness (QED) is 0.666. The normalized spacial score (nSPS) is 11.7. The van der Waals surface area contributed by atoms with Crippen molar-refractivity contribution < 1.29 is 26.7 Å². The SMILES string of the molecule is O=C(Nc1nc2cccc(C(F)(F)F)c2s1)c1cc(F)cc(F)c1. The van der Waals surface area contributed by atoms with Crippen molar-refractivity contribution in [2.75, 3.05) is 5.32 Å². The monoisotopic (exact) mass is 358 g/mol.